The maximum absolute atomic E-state index is 13.4. The van der Waals surface area contributed by atoms with Crippen molar-refractivity contribution in [3.63, 3.8) is 0 Å². The Morgan fingerprint density at radius 3 is 2.60 bits per heavy atom. The normalized spacial score (nSPS) is 12.3. The number of benzene rings is 2. The fourth-order valence-electron chi connectivity index (χ4n) is 5.03. The Bertz CT molecular complexity index is 1700. The largest absolute Gasteiger partial charge is 0.452 e. The molecule has 2 aromatic carbocycles. The van der Waals surface area contributed by atoms with Gasteiger partial charge in [0.15, 0.2) is 12.3 Å². The number of nitrogens with zero attached hydrogens (tertiary/aromatic N) is 3. The van der Waals surface area contributed by atoms with Crippen LogP contribution in [0.5, 0.6) is 0 Å². The summed E-state index contributed by atoms with van der Waals surface area (Å²) in [4.78, 5) is 60.3. The second kappa shape index (κ2) is 11.5. The van der Waals surface area contributed by atoms with Crippen molar-refractivity contribution >= 4 is 34.3 Å². The van der Waals surface area contributed by atoms with E-state index in [4.69, 9.17) is 15.2 Å². The van der Waals surface area contributed by atoms with E-state index < -0.39 is 29.7 Å². The lowest BCUT2D eigenvalue weighted by Gasteiger charge is -2.24. The summed E-state index contributed by atoms with van der Waals surface area (Å²) >= 11 is 0. The van der Waals surface area contributed by atoms with Gasteiger partial charge in [-0.2, -0.15) is 0 Å². The van der Waals surface area contributed by atoms with Gasteiger partial charge in [0.05, 0.1) is 24.2 Å². The maximum atomic E-state index is 13.4. The molecule has 2 aromatic heterocycles. The predicted octanol–water partition coefficient (Wildman–Crippen LogP) is 2.04. The molecule has 40 heavy (non-hydrogen) atoms. The number of para-hydroxylation sites is 1. The Morgan fingerprint density at radius 2 is 1.82 bits per heavy atom. The average molecular weight is 544 g/mol. The zero-order chi connectivity index (χ0) is 28.2. The first kappa shape index (κ1) is 26.8. The van der Waals surface area contributed by atoms with Crippen molar-refractivity contribution in [3.05, 3.63) is 97.8 Å². The van der Waals surface area contributed by atoms with E-state index in [0.717, 1.165) is 34.6 Å². The molecule has 0 aliphatic heterocycles. The van der Waals surface area contributed by atoms with Gasteiger partial charge in [-0.1, -0.05) is 48.5 Å². The van der Waals surface area contributed by atoms with Crippen LogP contribution in [0.15, 0.2) is 64.2 Å². The molecule has 4 aromatic rings. The number of nitrogens with one attached hydrogen (secondary N) is 1. The third-order valence-electron chi connectivity index (χ3n) is 6.94. The van der Waals surface area contributed by atoms with Crippen molar-refractivity contribution in [1.29, 1.82) is 0 Å². The molecule has 3 N–H and O–H groups in total. The molecule has 0 radical (unpaired) electrons. The van der Waals surface area contributed by atoms with Gasteiger partial charge in [0.1, 0.15) is 5.82 Å². The van der Waals surface area contributed by atoms with Crippen molar-refractivity contribution in [2.24, 2.45) is 0 Å². The first-order valence-electron chi connectivity index (χ1n) is 12.9. The highest BCUT2D eigenvalue weighted by Crippen LogP contribution is 2.30. The lowest BCUT2D eigenvalue weighted by Crippen LogP contribution is -2.44. The van der Waals surface area contributed by atoms with Crippen LogP contribution in [-0.2, 0) is 33.7 Å². The standard InChI is InChI=1S/C29H29N5O6/c1-39-15-14-33(25-26(30)34(29(38)32-27(25)36)16-18-8-3-2-4-9-18)23(35)17-40-28(37)24-19-10-5-6-12-21(19)31-22-13-7-11-20(22)24/h2-6,8-10,12H,7,11,13-17,30H2,1H3,(H,32,36,38). The Morgan fingerprint density at radius 1 is 1.07 bits per heavy atom. The number of carbonyl (C=O) groups is 2. The van der Waals surface area contributed by atoms with Crippen molar-refractivity contribution in [3.8, 4) is 0 Å². The van der Waals surface area contributed by atoms with Gasteiger partial charge in [-0.05, 0) is 36.5 Å². The topological polar surface area (TPSA) is 150 Å². The van der Waals surface area contributed by atoms with E-state index >= 15 is 0 Å². The number of aromatic amines is 1. The highest BCUT2D eigenvalue weighted by molar-refractivity contribution is 6.06. The fraction of sp³-hybridized carbons (Fsp3) is 0.276. The van der Waals surface area contributed by atoms with Crippen molar-refractivity contribution in [1.82, 2.24) is 14.5 Å². The summed E-state index contributed by atoms with van der Waals surface area (Å²) in [6.07, 6.45) is 2.34. The van der Waals surface area contributed by atoms with Gasteiger partial charge >= 0.3 is 11.7 Å². The number of nitrogens with two attached hydrogens (primary N) is 1. The zero-order valence-corrected chi connectivity index (χ0v) is 22.0. The number of hydrogen-bond donors (Lipinski definition) is 2. The SMILES string of the molecule is COCCN(C(=O)COC(=O)c1c2c(nc3ccccc13)CCC2)c1c(N)n(Cc2ccccc2)c(=O)[nH]c1=O. The number of H-pyrrole nitrogens is 1. The summed E-state index contributed by atoms with van der Waals surface area (Å²) in [5.41, 5.74) is 8.10. The van der Waals surface area contributed by atoms with Crippen LogP contribution in [-0.4, -0.2) is 53.3 Å². The minimum absolute atomic E-state index is 0.0582. The number of methoxy groups -OCH3 is 1. The van der Waals surface area contributed by atoms with Crippen LogP contribution in [0.1, 0.15) is 33.6 Å². The van der Waals surface area contributed by atoms with E-state index in [1.54, 1.807) is 6.07 Å². The first-order valence-corrected chi connectivity index (χ1v) is 12.9. The molecular weight excluding hydrogens is 514 g/mol. The molecule has 1 amide bonds. The number of hydrogen-bond acceptors (Lipinski definition) is 8. The minimum atomic E-state index is -0.833. The Kier molecular flexibility index (Phi) is 7.74. The number of rotatable bonds is 9. The molecular formula is C29H29N5O6. The van der Waals surface area contributed by atoms with Crippen molar-refractivity contribution in [2.75, 3.05) is 37.5 Å². The van der Waals surface area contributed by atoms with Crippen LogP contribution in [0.4, 0.5) is 11.5 Å². The van der Waals surface area contributed by atoms with E-state index in [0.29, 0.717) is 22.9 Å². The van der Waals surface area contributed by atoms with Gasteiger partial charge in [-0.25, -0.2) is 9.59 Å². The number of aromatic nitrogens is 3. The van der Waals surface area contributed by atoms with Crippen LogP contribution in [0.2, 0.25) is 0 Å². The number of nitrogen functional groups attached to an aromatic ring is 1. The van der Waals surface area contributed by atoms with E-state index in [1.165, 1.54) is 11.7 Å². The molecule has 2 heterocycles. The average Bonchev–Trinajstić information content (AvgIpc) is 3.42. The monoisotopic (exact) mass is 543 g/mol. The lowest BCUT2D eigenvalue weighted by atomic mass is 10.0. The van der Waals surface area contributed by atoms with Gasteiger partial charge in [-0.3, -0.25) is 29.0 Å². The van der Waals surface area contributed by atoms with Gasteiger partial charge in [0.2, 0.25) is 0 Å². The molecule has 0 spiro atoms. The molecule has 1 aliphatic rings. The van der Waals surface area contributed by atoms with Crippen molar-refractivity contribution < 1.29 is 19.1 Å². The maximum Gasteiger partial charge on any atom is 0.339 e. The van der Waals surface area contributed by atoms with Crippen molar-refractivity contribution in [2.45, 2.75) is 25.8 Å². The summed E-state index contributed by atoms with van der Waals surface area (Å²) in [5.74, 6) is -1.53. The highest BCUT2D eigenvalue weighted by Gasteiger charge is 2.28. The van der Waals surface area contributed by atoms with Gasteiger partial charge in [0.25, 0.3) is 11.5 Å². The lowest BCUT2D eigenvalue weighted by molar-refractivity contribution is -0.121. The van der Waals surface area contributed by atoms with Crippen LogP contribution in [0.3, 0.4) is 0 Å². The quantitative estimate of drug-likeness (QED) is 0.305. The Balaban J connectivity index is 1.44. The predicted molar refractivity (Wildman–Crippen MR) is 150 cm³/mol. The Hall–Kier alpha value is -4.77. The molecule has 0 bridgehead atoms. The van der Waals surface area contributed by atoms with E-state index in [-0.39, 0.29) is 31.2 Å². The third-order valence-corrected chi connectivity index (χ3v) is 6.94. The number of ether oxygens (including phenoxy) is 2. The summed E-state index contributed by atoms with van der Waals surface area (Å²) in [7, 11) is 1.45. The third kappa shape index (κ3) is 5.23. The first-order chi connectivity index (χ1) is 19.4. The second-order valence-electron chi connectivity index (χ2n) is 9.46. The molecule has 0 saturated heterocycles. The van der Waals surface area contributed by atoms with Crippen LogP contribution in [0, 0.1) is 0 Å². The molecule has 0 saturated carbocycles. The molecule has 206 valence electrons. The second-order valence-corrected chi connectivity index (χ2v) is 9.46. The summed E-state index contributed by atoms with van der Waals surface area (Å²) in [6, 6.07) is 16.4. The minimum Gasteiger partial charge on any atom is -0.452 e. The fourth-order valence-corrected chi connectivity index (χ4v) is 5.03. The van der Waals surface area contributed by atoms with Crippen LogP contribution < -0.4 is 21.9 Å². The molecule has 11 heteroatoms. The number of amides is 1. The molecule has 0 fully saturated rings. The Labute approximate surface area is 229 Å². The summed E-state index contributed by atoms with van der Waals surface area (Å²) in [6.45, 7) is -0.558. The number of fused-ring (bicyclic) bond motifs is 2. The van der Waals surface area contributed by atoms with Crippen LogP contribution >= 0.6 is 0 Å². The number of anilines is 2. The van der Waals surface area contributed by atoms with Crippen LogP contribution in [0.25, 0.3) is 10.9 Å². The molecule has 5 rings (SSSR count). The molecule has 0 atom stereocenters. The smallest absolute Gasteiger partial charge is 0.339 e. The molecule has 0 unspecified atom stereocenters. The number of pyridine rings is 1. The van der Waals surface area contributed by atoms with Gasteiger partial charge < -0.3 is 15.2 Å². The van der Waals surface area contributed by atoms with E-state index in [2.05, 4.69) is 9.97 Å². The zero-order valence-electron chi connectivity index (χ0n) is 22.0. The van der Waals surface area contributed by atoms with Gasteiger partial charge in [0, 0.05) is 24.7 Å². The molecule has 1 aliphatic carbocycles. The van der Waals surface area contributed by atoms with E-state index in [9.17, 15) is 19.2 Å². The number of carbonyl (C=O) groups excluding carboxylic acids is 2. The summed E-state index contributed by atoms with van der Waals surface area (Å²) in [5, 5.41) is 0.658. The summed E-state index contributed by atoms with van der Waals surface area (Å²) < 4.78 is 11.8. The van der Waals surface area contributed by atoms with Gasteiger partial charge in [-0.15, -0.1) is 0 Å². The number of esters is 1. The highest BCUT2D eigenvalue weighted by atomic mass is 16.5. The molecule has 11 nitrogen and oxygen atoms in total. The number of aryl methyl sites for hydroxylation is 1. The van der Waals surface area contributed by atoms with E-state index in [1.807, 2.05) is 48.5 Å².